The first-order valence-electron chi connectivity index (χ1n) is 8.95. The van der Waals surface area contributed by atoms with Gasteiger partial charge in [-0.25, -0.2) is 0 Å². The Morgan fingerprint density at radius 1 is 1.40 bits per heavy atom. The molecule has 3 aliphatic rings. The number of phenols is 1. The second-order valence-electron chi connectivity index (χ2n) is 8.02. The molecule has 0 spiro atoms. The van der Waals surface area contributed by atoms with E-state index >= 15 is 0 Å². The molecule has 136 valence electrons. The van der Waals surface area contributed by atoms with Gasteiger partial charge < -0.3 is 19.7 Å². The van der Waals surface area contributed by atoms with Gasteiger partial charge in [0, 0.05) is 24.6 Å². The quantitative estimate of drug-likeness (QED) is 0.855. The van der Waals surface area contributed by atoms with Crippen LogP contribution in [0.2, 0.25) is 0 Å². The lowest BCUT2D eigenvalue weighted by molar-refractivity contribution is -0.188. The van der Waals surface area contributed by atoms with Crippen molar-refractivity contribution in [3.63, 3.8) is 0 Å². The van der Waals surface area contributed by atoms with Gasteiger partial charge >= 0.3 is 5.97 Å². The second-order valence-corrected chi connectivity index (χ2v) is 8.02. The number of aliphatic carboxylic acids is 1. The molecule has 2 saturated heterocycles. The Bertz CT molecular complexity index is 688. The van der Waals surface area contributed by atoms with Crippen LogP contribution in [0.25, 0.3) is 0 Å². The number of fused-ring (bicyclic) bond motifs is 4. The van der Waals surface area contributed by atoms with E-state index in [0.717, 1.165) is 31.5 Å². The van der Waals surface area contributed by atoms with Gasteiger partial charge in [0.2, 0.25) is 0 Å². The number of carboxylic acids is 1. The van der Waals surface area contributed by atoms with Crippen LogP contribution in [0.15, 0.2) is 18.2 Å². The SMILES string of the molecule is CC1(C)Oc2c(O)cccc2[C@@H]2O[C@@H]3CCN(CC(=O)O)C[C@H]3C[C@H]21. The van der Waals surface area contributed by atoms with Crippen LogP contribution in [0.4, 0.5) is 0 Å². The average molecular weight is 347 g/mol. The third kappa shape index (κ3) is 2.87. The maximum atomic E-state index is 11.0. The normalized spacial score (nSPS) is 33.5. The van der Waals surface area contributed by atoms with Crippen molar-refractivity contribution in [2.45, 2.75) is 44.5 Å². The van der Waals surface area contributed by atoms with E-state index < -0.39 is 11.6 Å². The molecule has 0 unspecified atom stereocenters. The fourth-order valence-corrected chi connectivity index (χ4v) is 4.71. The van der Waals surface area contributed by atoms with Crippen molar-refractivity contribution in [3.05, 3.63) is 23.8 Å². The number of piperidine rings is 1. The topological polar surface area (TPSA) is 79.2 Å². The third-order valence-electron chi connectivity index (χ3n) is 5.94. The van der Waals surface area contributed by atoms with Gasteiger partial charge in [0.1, 0.15) is 5.60 Å². The van der Waals surface area contributed by atoms with Crippen molar-refractivity contribution < 1.29 is 24.5 Å². The Morgan fingerprint density at radius 3 is 2.96 bits per heavy atom. The van der Waals surface area contributed by atoms with Crippen molar-refractivity contribution >= 4 is 5.97 Å². The minimum absolute atomic E-state index is 0.0851. The highest BCUT2D eigenvalue weighted by Gasteiger charge is 2.51. The molecule has 1 aromatic rings. The second kappa shape index (κ2) is 5.88. The number of hydrogen-bond donors (Lipinski definition) is 2. The summed E-state index contributed by atoms with van der Waals surface area (Å²) in [6.45, 7) is 5.68. The van der Waals surface area contributed by atoms with E-state index in [-0.39, 0.29) is 30.4 Å². The fraction of sp³-hybridized carbons (Fsp3) is 0.632. The lowest BCUT2D eigenvalue weighted by Gasteiger charge is -2.53. The Balaban J connectivity index is 1.61. The zero-order valence-electron chi connectivity index (χ0n) is 14.6. The number of hydrogen-bond acceptors (Lipinski definition) is 5. The summed E-state index contributed by atoms with van der Waals surface area (Å²) in [6, 6.07) is 5.45. The van der Waals surface area contributed by atoms with E-state index in [9.17, 15) is 9.90 Å². The molecule has 3 heterocycles. The van der Waals surface area contributed by atoms with Crippen molar-refractivity contribution in [2.75, 3.05) is 19.6 Å². The van der Waals surface area contributed by atoms with Crippen molar-refractivity contribution in [3.8, 4) is 11.5 Å². The monoisotopic (exact) mass is 347 g/mol. The third-order valence-corrected chi connectivity index (χ3v) is 5.94. The summed E-state index contributed by atoms with van der Waals surface area (Å²) in [5.74, 6) is 0.407. The van der Waals surface area contributed by atoms with Crippen molar-refractivity contribution in [1.82, 2.24) is 4.90 Å². The van der Waals surface area contributed by atoms with E-state index in [1.54, 1.807) is 6.07 Å². The molecule has 4 rings (SSSR count). The number of benzene rings is 1. The molecule has 0 aliphatic carbocycles. The Labute approximate surface area is 147 Å². The zero-order chi connectivity index (χ0) is 17.8. The summed E-state index contributed by atoms with van der Waals surface area (Å²) in [6.07, 6.45) is 1.83. The van der Waals surface area contributed by atoms with Crippen LogP contribution in [0.1, 0.15) is 38.4 Å². The minimum Gasteiger partial charge on any atom is -0.504 e. The van der Waals surface area contributed by atoms with Crippen molar-refractivity contribution in [1.29, 1.82) is 0 Å². The summed E-state index contributed by atoms with van der Waals surface area (Å²) < 4.78 is 12.7. The number of nitrogens with zero attached hydrogens (tertiary/aromatic N) is 1. The van der Waals surface area contributed by atoms with Gasteiger partial charge in [-0.1, -0.05) is 12.1 Å². The van der Waals surface area contributed by atoms with Gasteiger partial charge in [-0.2, -0.15) is 0 Å². The average Bonchev–Trinajstić information content (AvgIpc) is 2.54. The van der Waals surface area contributed by atoms with Gasteiger partial charge in [-0.3, -0.25) is 9.69 Å². The number of para-hydroxylation sites is 1. The molecule has 2 fully saturated rings. The molecule has 25 heavy (non-hydrogen) atoms. The molecule has 4 atom stereocenters. The molecule has 0 amide bonds. The fourth-order valence-electron chi connectivity index (χ4n) is 4.71. The number of aromatic hydroxyl groups is 1. The first-order valence-corrected chi connectivity index (χ1v) is 8.95. The zero-order valence-corrected chi connectivity index (χ0v) is 14.6. The number of carbonyl (C=O) groups is 1. The van der Waals surface area contributed by atoms with E-state index in [1.165, 1.54) is 0 Å². The van der Waals surface area contributed by atoms with E-state index in [0.29, 0.717) is 11.7 Å². The largest absolute Gasteiger partial charge is 0.504 e. The van der Waals surface area contributed by atoms with Crippen LogP contribution in [0.5, 0.6) is 11.5 Å². The van der Waals surface area contributed by atoms with Crippen LogP contribution >= 0.6 is 0 Å². The predicted molar refractivity (Wildman–Crippen MR) is 90.7 cm³/mol. The van der Waals surface area contributed by atoms with Crippen LogP contribution in [0.3, 0.4) is 0 Å². The molecule has 0 aromatic heterocycles. The van der Waals surface area contributed by atoms with Gasteiger partial charge in [-0.05, 0) is 38.7 Å². The lowest BCUT2D eigenvalue weighted by Crippen LogP contribution is -2.55. The molecule has 0 bridgehead atoms. The highest BCUT2D eigenvalue weighted by Crippen LogP contribution is 2.54. The molecule has 3 aliphatic heterocycles. The van der Waals surface area contributed by atoms with E-state index in [2.05, 4.69) is 0 Å². The highest BCUT2D eigenvalue weighted by molar-refractivity contribution is 5.69. The maximum absolute atomic E-state index is 11.0. The summed E-state index contributed by atoms with van der Waals surface area (Å²) in [7, 11) is 0. The number of likely N-dealkylation sites (tertiary alicyclic amines) is 1. The van der Waals surface area contributed by atoms with Gasteiger partial charge in [0.15, 0.2) is 11.5 Å². The maximum Gasteiger partial charge on any atom is 0.317 e. The molecule has 1 aromatic carbocycles. The van der Waals surface area contributed by atoms with Gasteiger partial charge in [0.25, 0.3) is 0 Å². The summed E-state index contributed by atoms with van der Waals surface area (Å²) in [5, 5.41) is 19.2. The van der Waals surface area contributed by atoms with Crippen LogP contribution in [-0.2, 0) is 9.53 Å². The summed E-state index contributed by atoms with van der Waals surface area (Å²) in [4.78, 5) is 13.0. The number of phenolic OH excluding ortho intramolecular Hbond substituents is 1. The van der Waals surface area contributed by atoms with Crippen LogP contribution < -0.4 is 4.74 Å². The molecule has 0 radical (unpaired) electrons. The summed E-state index contributed by atoms with van der Waals surface area (Å²) >= 11 is 0. The molecule has 0 saturated carbocycles. The lowest BCUT2D eigenvalue weighted by atomic mass is 9.70. The molecular formula is C19H25NO5. The summed E-state index contributed by atoms with van der Waals surface area (Å²) in [5.41, 5.74) is 0.479. The minimum atomic E-state index is -0.779. The first-order chi connectivity index (χ1) is 11.8. The molecule has 6 nitrogen and oxygen atoms in total. The Hall–Kier alpha value is -1.79. The van der Waals surface area contributed by atoms with Gasteiger partial charge in [0.05, 0.1) is 18.8 Å². The standard InChI is InChI=1S/C19H25NO5/c1-19(2)13-8-11-9-20(10-16(22)23)7-6-15(11)24-17(13)12-4-3-5-14(21)18(12)25-19/h3-5,11,13,15,17,21H,6-10H2,1-2H3,(H,22,23)/t11-,13-,15-,17+/m1/s1. The number of rotatable bonds is 2. The number of carboxylic acid groups (broad SMARTS) is 1. The van der Waals surface area contributed by atoms with E-state index in [4.69, 9.17) is 14.6 Å². The molecule has 2 N–H and O–H groups in total. The van der Waals surface area contributed by atoms with E-state index in [1.807, 2.05) is 30.9 Å². The smallest absolute Gasteiger partial charge is 0.317 e. The molecule has 6 heteroatoms. The molecular weight excluding hydrogens is 322 g/mol. The highest BCUT2D eigenvalue weighted by atomic mass is 16.5. The van der Waals surface area contributed by atoms with Gasteiger partial charge in [-0.15, -0.1) is 0 Å². The predicted octanol–water partition coefficient (Wildman–Crippen LogP) is 2.42. The first kappa shape index (κ1) is 16.7. The van der Waals surface area contributed by atoms with Crippen LogP contribution in [0, 0.1) is 11.8 Å². The van der Waals surface area contributed by atoms with Crippen LogP contribution in [-0.4, -0.2) is 52.4 Å². The Kier molecular flexibility index (Phi) is 3.92. The number of ether oxygens (including phenoxy) is 2. The Morgan fingerprint density at radius 2 is 2.20 bits per heavy atom. The van der Waals surface area contributed by atoms with Crippen molar-refractivity contribution in [2.24, 2.45) is 11.8 Å².